The first-order valence-electron chi connectivity index (χ1n) is 28.8. The fraction of sp³-hybridized carbons (Fsp3) is 0.362. The largest absolute Gasteiger partial charge is 0.508 e. The maximum atomic E-state index is 10.8. The van der Waals surface area contributed by atoms with Crippen LogP contribution in [-0.4, -0.2) is 81.0 Å². The van der Waals surface area contributed by atoms with Crippen LogP contribution in [0.3, 0.4) is 0 Å². The fourth-order valence-corrected chi connectivity index (χ4v) is 5.77. The number of carbonyl (C=O) groups excluding carboxylic acids is 1. The molecule has 0 aliphatic carbocycles. The number of phenols is 6. The van der Waals surface area contributed by atoms with Gasteiger partial charge in [-0.05, 0) is 127 Å². The van der Waals surface area contributed by atoms with Crippen molar-refractivity contribution in [2.75, 3.05) is 33.5 Å². The fourth-order valence-electron chi connectivity index (χ4n) is 5.77. The Labute approximate surface area is 496 Å². The summed E-state index contributed by atoms with van der Waals surface area (Å²) in [5.41, 5.74) is 2.70. The number of hydrogen-bond donors (Lipinski definition) is 7. The number of benzene rings is 7. The maximum absolute atomic E-state index is 10.8. The molecule has 0 radical (unpaired) electrons. The van der Waals surface area contributed by atoms with Crippen molar-refractivity contribution in [3.05, 3.63) is 175 Å². The minimum atomic E-state index is -1.40. The lowest BCUT2D eigenvalue weighted by Crippen LogP contribution is -2.14. The lowest BCUT2D eigenvalue weighted by molar-refractivity contribution is -0.148. The summed E-state index contributed by atoms with van der Waals surface area (Å²) in [7, 11) is 1.54. The van der Waals surface area contributed by atoms with E-state index in [9.17, 15) is 30.0 Å². The third kappa shape index (κ3) is 43.0. The van der Waals surface area contributed by atoms with E-state index in [1.165, 1.54) is 26.4 Å². The van der Waals surface area contributed by atoms with Crippen molar-refractivity contribution in [1.29, 1.82) is 0 Å². The van der Waals surface area contributed by atoms with Crippen LogP contribution >= 0.6 is 0 Å². The van der Waals surface area contributed by atoms with E-state index in [4.69, 9.17) is 39.0 Å². The van der Waals surface area contributed by atoms with Crippen LogP contribution in [0.5, 0.6) is 63.2 Å². The molecule has 458 valence electrons. The van der Waals surface area contributed by atoms with E-state index in [2.05, 4.69) is 41.5 Å². The number of aliphatic carboxylic acids is 1. The molecular weight excluding hydrogens is 1050 g/mol. The Morgan fingerprint density at radius 2 is 0.602 bits per heavy atom. The highest BCUT2D eigenvalue weighted by Crippen LogP contribution is 2.24. The summed E-state index contributed by atoms with van der Waals surface area (Å²) in [6.07, 6.45) is 7.09. The molecule has 0 saturated carbocycles. The van der Waals surface area contributed by atoms with E-state index >= 15 is 0 Å². The van der Waals surface area contributed by atoms with Gasteiger partial charge in [-0.25, -0.2) is 4.79 Å². The summed E-state index contributed by atoms with van der Waals surface area (Å²) in [5, 5.41) is 63.7. The van der Waals surface area contributed by atoms with E-state index < -0.39 is 11.8 Å². The molecule has 0 bridgehead atoms. The topological polar surface area (TPSA) is 222 Å². The summed E-state index contributed by atoms with van der Waals surface area (Å²) < 4.78 is 26.9. The van der Waals surface area contributed by atoms with Gasteiger partial charge in [0.15, 0.2) is 0 Å². The monoisotopic (exact) mass is 1150 g/mol. The minimum absolute atomic E-state index is 0.0840. The molecule has 14 nitrogen and oxygen atoms in total. The number of ketones is 1. The number of carboxylic acid groups (broad SMARTS) is 1. The second-order valence-corrected chi connectivity index (χ2v) is 16.8. The third-order valence-corrected chi connectivity index (χ3v) is 9.25. The highest BCUT2D eigenvalue weighted by atomic mass is 16.5. The Balaban J connectivity index is -0.000000959. The third-order valence-electron chi connectivity index (χ3n) is 9.25. The first kappa shape index (κ1) is 78.7. The molecule has 7 rings (SSSR count). The highest BCUT2D eigenvalue weighted by Gasteiger charge is 2.11. The molecule has 0 heterocycles. The van der Waals surface area contributed by atoms with Crippen molar-refractivity contribution in [3.63, 3.8) is 0 Å². The van der Waals surface area contributed by atoms with Gasteiger partial charge in [-0.3, -0.25) is 4.79 Å². The number of rotatable bonds is 19. The molecule has 0 fully saturated rings. The van der Waals surface area contributed by atoms with Gasteiger partial charge in [0.25, 0.3) is 0 Å². The van der Waals surface area contributed by atoms with Crippen LogP contribution in [0, 0.1) is 0 Å². The van der Waals surface area contributed by atoms with Gasteiger partial charge in [0.1, 0.15) is 63.2 Å². The Morgan fingerprint density at radius 3 is 0.819 bits per heavy atom. The van der Waals surface area contributed by atoms with Crippen molar-refractivity contribution in [2.24, 2.45) is 0 Å². The minimum Gasteiger partial charge on any atom is -0.508 e. The number of hydrogen-bond acceptors (Lipinski definition) is 13. The molecule has 7 aromatic carbocycles. The quantitative estimate of drug-likeness (QED) is 0.0296. The SMILES string of the molecule is CC.CC.CC.CCC.CCC.CCC.COc1ccc(CC(=O)C(=O)O)cc1.Oc1ccc(-c2ccc(O)cc2)cc1.Oc1cccc(OCCCCOc2cccc(O)c2)c1.Oc1cccc(OCCCCOc2cccc(O)c2)c1. The Morgan fingerprint density at radius 1 is 0.349 bits per heavy atom. The van der Waals surface area contributed by atoms with Crippen LogP contribution in [0.2, 0.25) is 0 Å². The van der Waals surface area contributed by atoms with Crippen LogP contribution in [0.1, 0.15) is 134 Å². The smallest absolute Gasteiger partial charge is 0.372 e. The predicted octanol–water partition coefficient (Wildman–Crippen LogP) is 17.7. The Kier molecular flexibility index (Phi) is 51.3. The number of aromatic hydroxyl groups is 6. The van der Waals surface area contributed by atoms with Crippen molar-refractivity contribution in [3.8, 4) is 74.4 Å². The van der Waals surface area contributed by atoms with Gasteiger partial charge in [-0.1, -0.05) is 163 Å². The van der Waals surface area contributed by atoms with Gasteiger partial charge in [0.2, 0.25) is 5.78 Å². The molecule has 14 heteroatoms. The summed E-state index contributed by atoms with van der Waals surface area (Å²) >= 11 is 0. The van der Waals surface area contributed by atoms with Gasteiger partial charge in [-0.2, -0.15) is 0 Å². The lowest BCUT2D eigenvalue weighted by atomic mass is 10.1. The van der Waals surface area contributed by atoms with Crippen LogP contribution < -0.4 is 23.7 Å². The van der Waals surface area contributed by atoms with E-state index in [1.807, 2.05) is 90.1 Å². The number of ether oxygens (including phenoxy) is 5. The molecule has 0 saturated heterocycles. The van der Waals surface area contributed by atoms with Crippen LogP contribution in [0.25, 0.3) is 11.1 Å². The maximum Gasteiger partial charge on any atom is 0.372 e. The normalized spacial score (nSPS) is 9.07. The Bertz CT molecular complexity index is 2350. The van der Waals surface area contributed by atoms with Gasteiger partial charge >= 0.3 is 5.97 Å². The number of unbranched alkanes of at least 4 members (excludes halogenated alkanes) is 2. The second kappa shape index (κ2) is 54.1. The van der Waals surface area contributed by atoms with E-state index in [-0.39, 0.29) is 40.9 Å². The van der Waals surface area contributed by atoms with Gasteiger partial charge < -0.3 is 59.4 Å². The zero-order valence-corrected chi connectivity index (χ0v) is 51.6. The average Bonchev–Trinajstić information content (AvgIpc) is 3.50. The molecule has 0 aliphatic heterocycles. The Hall–Kier alpha value is -8.52. The molecule has 0 spiro atoms. The van der Waals surface area contributed by atoms with Gasteiger partial charge in [0.05, 0.1) is 33.5 Å². The van der Waals surface area contributed by atoms with E-state index in [0.717, 1.165) is 36.8 Å². The van der Waals surface area contributed by atoms with Crippen molar-refractivity contribution in [2.45, 2.75) is 134 Å². The van der Waals surface area contributed by atoms with E-state index in [0.29, 0.717) is 60.7 Å². The van der Waals surface area contributed by atoms with Gasteiger partial charge in [0, 0.05) is 30.7 Å². The first-order valence-corrected chi connectivity index (χ1v) is 28.8. The van der Waals surface area contributed by atoms with Crippen molar-refractivity contribution >= 4 is 11.8 Å². The van der Waals surface area contributed by atoms with Crippen molar-refractivity contribution < 1.29 is 69.0 Å². The molecule has 7 N–H and O–H groups in total. The first-order chi connectivity index (χ1) is 40.1. The zero-order chi connectivity index (χ0) is 63.1. The number of Topliss-reactive ketones (excluding diaryl/α,β-unsaturated/α-hetero) is 1. The van der Waals surface area contributed by atoms with Gasteiger partial charge in [-0.15, -0.1) is 0 Å². The summed E-state index contributed by atoms with van der Waals surface area (Å²) in [5.74, 6) is 2.46. The summed E-state index contributed by atoms with van der Waals surface area (Å²) in [4.78, 5) is 21.1. The van der Waals surface area contributed by atoms with Crippen LogP contribution in [-0.2, 0) is 16.0 Å². The predicted molar refractivity (Wildman–Crippen MR) is 339 cm³/mol. The second-order valence-electron chi connectivity index (χ2n) is 16.8. The molecule has 0 atom stereocenters. The van der Waals surface area contributed by atoms with E-state index in [1.54, 1.807) is 121 Å². The summed E-state index contributed by atoms with van der Waals surface area (Å²) in [6, 6.07) is 47.6. The molecule has 7 aromatic rings. The van der Waals surface area contributed by atoms with Crippen LogP contribution in [0.15, 0.2) is 170 Å². The number of carbonyl (C=O) groups is 2. The number of phenolic OH excluding ortho intramolecular Hbond substituents is 6. The van der Waals surface area contributed by atoms with Crippen LogP contribution in [0.4, 0.5) is 0 Å². The average molecular weight is 1150 g/mol. The summed E-state index contributed by atoms with van der Waals surface area (Å²) in [6.45, 7) is 27.1. The molecule has 0 unspecified atom stereocenters. The zero-order valence-electron chi connectivity index (χ0n) is 51.6. The number of methoxy groups -OCH3 is 1. The molecular formula is C69H98O14. The highest BCUT2D eigenvalue weighted by molar-refractivity contribution is 6.33. The van der Waals surface area contributed by atoms with Crippen molar-refractivity contribution in [1.82, 2.24) is 0 Å². The molecule has 0 amide bonds. The number of carboxylic acids is 1. The lowest BCUT2D eigenvalue weighted by Gasteiger charge is -2.08. The molecule has 0 aromatic heterocycles. The molecule has 0 aliphatic rings. The molecule has 83 heavy (non-hydrogen) atoms. The standard InChI is InChI=1S/2C16H18O4.C12H10O2.C10H10O4.3C3H8.3C2H6/c2*17-13-5-3-7-15(11-13)19-9-1-2-10-20-16-8-4-6-14(18)12-16;13-11-5-1-9(2-6-11)10-3-7-12(14)8-4-10;1-14-8-4-2-7(3-5-8)6-9(11)10(12)13;3*1-3-2;3*1-2/h2*3-8,11-12,17-18H,1-2,9-10H2;1-8,13-14H;2-5H,6H2,1H3,(H,12,13);3*3H2,1-2H3;3*1-2H3.